The van der Waals surface area contributed by atoms with Crippen LogP contribution in [0.2, 0.25) is 0 Å². The van der Waals surface area contributed by atoms with Gasteiger partial charge in [0.2, 0.25) is 21.8 Å². The molecule has 0 unspecified atom stereocenters. The van der Waals surface area contributed by atoms with Crippen molar-refractivity contribution in [1.29, 1.82) is 0 Å². The first-order valence-corrected chi connectivity index (χ1v) is 12.7. The molecule has 2 rings (SSSR count). The number of sulfonamides is 1. The van der Waals surface area contributed by atoms with Gasteiger partial charge in [-0.15, -0.1) is 0 Å². The molecule has 0 aliphatic heterocycles. The minimum absolute atomic E-state index is 0.0769. The van der Waals surface area contributed by atoms with E-state index in [4.69, 9.17) is 9.47 Å². The first kappa shape index (κ1) is 27.0. The molecule has 0 heterocycles. The highest BCUT2D eigenvalue weighted by Gasteiger charge is 2.26. The Kier molecular flexibility index (Phi) is 9.73. The fourth-order valence-corrected chi connectivity index (χ4v) is 4.48. The number of methoxy groups -OCH3 is 2. The van der Waals surface area contributed by atoms with Gasteiger partial charge >= 0.3 is 0 Å². The highest BCUT2D eigenvalue weighted by atomic mass is 32.2. The van der Waals surface area contributed by atoms with Crippen LogP contribution in [0.1, 0.15) is 25.3 Å². The first-order valence-electron chi connectivity index (χ1n) is 10.9. The van der Waals surface area contributed by atoms with Gasteiger partial charge in [0.05, 0.1) is 26.2 Å². The smallest absolute Gasteiger partial charge is 0.242 e. The highest BCUT2D eigenvalue weighted by molar-refractivity contribution is 7.92. The van der Waals surface area contributed by atoms with E-state index >= 15 is 0 Å². The number of ether oxygens (including phenoxy) is 2. The van der Waals surface area contributed by atoms with Crippen LogP contribution in [0, 0.1) is 0 Å². The van der Waals surface area contributed by atoms with Crippen LogP contribution < -0.4 is 19.1 Å². The second-order valence-electron chi connectivity index (χ2n) is 7.80. The molecule has 0 saturated carbocycles. The Labute approximate surface area is 201 Å². The van der Waals surface area contributed by atoms with Gasteiger partial charge in [0.25, 0.3) is 0 Å². The van der Waals surface area contributed by atoms with Crippen molar-refractivity contribution in [1.82, 2.24) is 10.2 Å². The molecule has 0 fully saturated rings. The summed E-state index contributed by atoms with van der Waals surface area (Å²) < 4.78 is 36.4. The van der Waals surface area contributed by atoms with Crippen LogP contribution in [-0.4, -0.2) is 65.2 Å². The number of nitrogens with zero attached hydrogens (tertiary/aromatic N) is 2. The van der Waals surface area contributed by atoms with Crippen molar-refractivity contribution in [2.75, 3.05) is 38.4 Å². The molecule has 0 radical (unpaired) electrons. The number of benzene rings is 2. The minimum atomic E-state index is -3.56. The summed E-state index contributed by atoms with van der Waals surface area (Å²) in [5, 5.41) is 2.58. The lowest BCUT2D eigenvalue weighted by Gasteiger charge is -2.29. The summed E-state index contributed by atoms with van der Waals surface area (Å²) in [7, 11) is 1.06. The largest absolute Gasteiger partial charge is 0.497 e. The fraction of sp³-hybridized carbons (Fsp3) is 0.417. The Morgan fingerprint density at radius 2 is 1.68 bits per heavy atom. The van der Waals surface area contributed by atoms with Gasteiger partial charge in [-0.2, -0.15) is 0 Å². The maximum absolute atomic E-state index is 13.1. The molecule has 0 spiro atoms. The van der Waals surface area contributed by atoms with Gasteiger partial charge < -0.3 is 19.7 Å². The van der Waals surface area contributed by atoms with E-state index in [0.717, 1.165) is 11.8 Å². The van der Waals surface area contributed by atoms with Crippen LogP contribution >= 0.6 is 0 Å². The third kappa shape index (κ3) is 7.38. The van der Waals surface area contributed by atoms with Crippen molar-refractivity contribution in [3.05, 3.63) is 54.1 Å². The predicted molar refractivity (Wildman–Crippen MR) is 131 cm³/mol. The minimum Gasteiger partial charge on any atom is -0.497 e. The zero-order chi connectivity index (χ0) is 25.3. The summed E-state index contributed by atoms with van der Waals surface area (Å²) >= 11 is 0. The van der Waals surface area contributed by atoms with Crippen molar-refractivity contribution in [2.45, 2.75) is 32.4 Å². The number of carbonyl (C=O) groups is 2. The number of nitrogens with one attached hydrogen (secondary N) is 1. The van der Waals surface area contributed by atoms with Crippen LogP contribution in [0.25, 0.3) is 0 Å². The van der Waals surface area contributed by atoms with Gasteiger partial charge in [-0.1, -0.05) is 12.1 Å². The van der Waals surface area contributed by atoms with Gasteiger partial charge in [0.15, 0.2) is 0 Å². The monoisotopic (exact) mass is 491 g/mol. The Hall–Kier alpha value is -3.27. The molecular formula is C24H33N3O6S. The highest BCUT2D eigenvalue weighted by Crippen LogP contribution is 2.22. The summed E-state index contributed by atoms with van der Waals surface area (Å²) in [5.74, 6) is 0.735. The van der Waals surface area contributed by atoms with Crippen LogP contribution in [0.15, 0.2) is 48.5 Å². The summed E-state index contributed by atoms with van der Waals surface area (Å²) in [5.41, 5.74) is 1.31. The van der Waals surface area contributed by atoms with E-state index in [1.807, 2.05) is 18.2 Å². The molecule has 0 aliphatic rings. The zero-order valence-corrected chi connectivity index (χ0v) is 21.1. The maximum Gasteiger partial charge on any atom is 0.242 e. The van der Waals surface area contributed by atoms with Gasteiger partial charge in [0, 0.05) is 26.6 Å². The van der Waals surface area contributed by atoms with Crippen molar-refractivity contribution >= 4 is 27.5 Å². The molecule has 186 valence electrons. The van der Waals surface area contributed by atoms with Gasteiger partial charge in [0.1, 0.15) is 17.5 Å². The quantitative estimate of drug-likeness (QED) is 0.489. The molecule has 1 atom stereocenters. The number of likely N-dealkylation sites (N-methyl/N-ethyl adjacent to an activating group) is 1. The van der Waals surface area contributed by atoms with Crippen molar-refractivity contribution in [3.63, 3.8) is 0 Å². The number of carbonyl (C=O) groups excluding carboxylic acids is 2. The number of anilines is 1. The van der Waals surface area contributed by atoms with Crippen LogP contribution in [0.4, 0.5) is 5.69 Å². The normalized spacial score (nSPS) is 11.9. The molecule has 0 aromatic heterocycles. The van der Waals surface area contributed by atoms with Crippen molar-refractivity contribution in [2.24, 2.45) is 0 Å². The molecule has 10 heteroatoms. The van der Waals surface area contributed by atoms with Gasteiger partial charge in [-0.25, -0.2) is 8.42 Å². The van der Waals surface area contributed by atoms with Crippen molar-refractivity contribution in [3.8, 4) is 11.5 Å². The molecule has 9 nitrogen and oxygen atoms in total. The molecule has 2 aromatic rings. The topological polar surface area (TPSA) is 105 Å². The van der Waals surface area contributed by atoms with E-state index in [0.29, 0.717) is 17.2 Å². The van der Waals surface area contributed by atoms with E-state index in [-0.39, 0.29) is 37.7 Å². The Morgan fingerprint density at radius 3 is 2.24 bits per heavy atom. The summed E-state index contributed by atoms with van der Waals surface area (Å²) in [4.78, 5) is 26.9. The zero-order valence-electron chi connectivity index (χ0n) is 20.3. The van der Waals surface area contributed by atoms with Crippen LogP contribution in [0.5, 0.6) is 11.5 Å². The average molecular weight is 492 g/mol. The Balaban J connectivity index is 2.15. The summed E-state index contributed by atoms with van der Waals surface area (Å²) in [6, 6.07) is 13.3. The molecule has 34 heavy (non-hydrogen) atoms. The molecule has 0 saturated heterocycles. The third-order valence-electron chi connectivity index (χ3n) is 5.41. The van der Waals surface area contributed by atoms with Gasteiger partial charge in [-0.05, 0) is 55.3 Å². The number of amides is 2. The number of hydrogen-bond donors (Lipinski definition) is 1. The van der Waals surface area contributed by atoms with E-state index < -0.39 is 16.1 Å². The van der Waals surface area contributed by atoms with E-state index in [1.54, 1.807) is 44.4 Å². The third-order valence-corrected chi connectivity index (χ3v) is 6.61. The van der Waals surface area contributed by atoms with Crippen LogP contribution in [-0.2, 0) is 26.2 Å². The molecule has 2 amide bonds. The van der Waals surface area contributed by atoms with E-state index in [9.17, 15) is 18.0 Å². The molecule has 2 aromatic carbocycles. The SMILES string of the molecule is CNC(=O)[C@H](C)N(Cc1cccc(OC)c1)C(=O)CCCN(c1ccc(OC)cc1)S(C)(=O)=O. The molecule has 0 aliphatic carbocycles. The lowest BCUT2D eigenvalue weighted by Crippen LogP contribution is -2.46. The molecular weight excluding hydrogens is 458 g/mol. The molecule has 0 bridgehead atoms. The van der Waals surface area contributed by atoms with E-state index in [2.05, 4.69) is 5.32 Å². The Morgan fingerprint density at radius 1 is 1.03 bits per heavy atom. The standard InChI is InChI=1S/C24H33N3O6S/c1-18(24(29)25-2)26(17-19-8-6-9-22(16-19)33-4)23(28)10-7-15-27(34(5,30)31)20-11-13-21(32-3)14-12-20/h6,8-9,11-14,16,18H,7,10,15,17H2,1-5H3,(H,25,29)/t18-/m0/s1. The summed E-state index contributed by atoms with van der Waals surface area (Å²) in [6.45, 7) is 2.01. The Bertz CT molecular complexity index is 1070. The summed E-state index contributed by atoms with van der Waals surface area (Å²) in [6.07, 6.45) is 1.49. The van der Waals surface area contributed by atoms with Gasteiger partial charge in [-0.3, -0.25) is 13.9 Å². The molecule has 1 N–H and O–H groups in total. The fourth-order valence-electron chi connectivity index (χ4n) is 3.51. The number of rotatable bonds is 12. The van der Waals surface area contributed by atoms with Crippen molar-refractivity contribution < 1.29 is 27.5 Å². The second kappa shape index (κ2) is 12.3. The average Bonchev–Trinajstić information content (AvgIpc) is 2.83. The second-order valence-corrected chi connectivity index (χ2v) is 9.71. The number of hydrogen-bond acceptors (Lipinski definition) is 6. The predicted octanol–water partition coefficient (Wildman–Crippen LogP) is 2.41. The maximum atomic E-state index is 13.1. The van der Waals surface area contributed by atoms with E-state index in [1.165, 1.54) is 23.4 Å². The lowest BCUT2D eigenvalue weighted by atomic mass is 10.1. The van der Waals surface area contributed by atoms with Crippen LogP contribution in [0.3, 0.4) is 0 Å². The first-order chi connectivity index (χ1) is 16.1. The lowest BCUT2D eigenvalue weighted by molar-refractivity contribution is -0.140.